The van der Waals surface area contributed by atoms with Gasteiger partial charge in [0.15, 0.2) is 0 Å². The number of nitrogens with one attached hydrogen (secondary N) is 1. The van der Waals surface area contributed by atoms with Gasteiger partial charge in [0.05, 0.1) is 4.88 Å². The van der Waals surface area contributed by atoms with Crippen LogP contribution in [0.5, 0.6) is 0 Å². The number of anilines is 1. The van der Waals surface area contributed by atoms with E-state index in [2.05, 4.69) is 38.4 Å². The van der Waals surface area contributed by atoms with Crippen LogP contribution in [0.3, 0.4) is 0 Å². The van der Waals surface area contributed by atoms with Crippen molar-refractivity contribution in [3.8, 4) is 0 Å². The van der Waals surface area contributed by atoms with Crippen LogP contribution in [0.1, 0.15) is 33.6 Å². The molecule has 1 amide bonds. The molecule has 0 spiro atoms. The second kappa shape index (κ2) is 8.47. The van der Waals surface area contributed by atoms with E-state index in [1.165, 1.54) is 22.1 Å². The molecule has 1 N–H and O–H groups in total. The Bertz CT molecular complexity index is 998. The Morgan fingerprint density at radius 3 is 2.76 bits per heavy atom. The Labute approximate surface area is 175 Å². The van der Waals surface area contributed by atoms with Crippen LogP contribution in [-0.4, -0.2) is 54.5 Å². The zero-order chi connectivity index (χ0) is 20.4. The van der Waals surface area contributed by atoms with Crippen LogP contribution in [0.4, 0.5) is 5.95 Å². The molecule has 1 aliphatic rings. The lowest BCUT2D eigenvalue weighted by molar-refractivity contribution is 0.0966. The third-order valence-corrected chi connectivity index (χ3v) is 6.76. The minimum absolute atomic E-state index is 0.0124. The van der Waals surface area contributed by atoms with Crippen molar-refractivity contribution in [3.63, 3.8) is 0 Å². The molecular weight excluding hydrogens is 382 g/mol. The number of aromatic nitrogens is 2. The topological polar surface area (TPSA) is 61.4 Å². The number of amides is 1. The maximum Gasteiger partial charge on any atom is 0.261 e. The quantitative estimate of drug-likeness (QED) is 0.677. The van der Waals surface area contributed by atoms with Crippen molar-refractivity contribution in [3.05, 3.63) is 52.7 Å². The van der Waals surface area contributed by atoms with E-state index in [1.807, 2.05) is 37.5 Å². The molecule has 2 aromatic heterocycles. The predicted molar refractivity (Wildman–Crippen MR) is 119 cm³/mol. The van der Waals surface area contributed by atoms with Crippen molar-refractivity contribution in [1.29, 1.82) is 0 Å². The zero-order valence-electron chi connectivity index (χ0n) is 17.2. The normalized spacial score (nSPS) is 17.0. The summed E-state index contributed by atoms with van der Waals surface area (Å²) in [5.41, 5.74) is 2.31. The van der Waals surface area contributed by atoms with E-state index in [0.29, 0.717) is 6.04 Å². The first kappa shape index (κ1) is 19.8. The van der Waals surface area contributed by atoms with Crippen LogP contribution >= 0.6 is 11.3 Å². The third-order valence-electron chi connectivity index (χ3n) is 5.55. The molecule has 1 atom stereocenters. The van der Waals surface area contributed by atoms with Crippen LogP contribution in [-0.2, 0) is 13.0 Å². The molecule has 4 rings (SSSR count). The lowest BCUT2D eigenvalue weighted by Gasteiger charge is -2.25. The Morgan fingerprint density at radius 2 is 2.03 bits per heavy atom. The molecule has 1 saturated heterocycles. The van der Waals surface area contributed by atoms with Gasteiger partial charge in [0.2, 0.25) is 5.95 Å². The molecule has 1 fully saturated rings. The molecule has 1 unspecified atom stereocenters. The summed E-state index contributed by atoms with van der Waals surface area (Å²) >= 11 is 1.59. The highest BCUT2D eigenvalue weighted by Crippen LogP contribution is 2.34. The fourth-order valence-corrected chi connectivity index (χ4v) is 5.24. The van der Waals surface area contributed by atoms with E-state index in [1.54, 1.807) is 18.4 Å². The van der Waals surface area contributed by atoms with Gasteiger partial charge in [0, 0.05) is 56.4 Å². The Kier molecular flexibility index (Phi) is 5.78. The number of thiophene rings is 1. The van der Waals surface area contributed by atoms with Crippen LogP contribution in [0, 0.1) is 0 Å². The first-order valence-electron chi connectivity index (χ1n) is 10.0. The molecule has 3 heterocycles. The average Bonchev–Trinajstić information content (AvgIpc) is 3.33. The number of rotatable bonds is 6. The number of benzene rings is 1. The number of carbonyl (C=O) groups excluding carboxylic acids is 1. The van der Waals surface area contributed by atoms with Crippen molar-refractivity contribution >= 4 is 33.3 Å². The van der Waals surface area contributed by atoms with Gasteiger partial charge in [-0.05, 0) is 42.8 Å². The summed E-state index contributed by atoms with van der Waals surface area (Å²) in [6, 6.07) is 8.76. The number of hydrogen-bond donors (Lipinski definition) is 1. The number of fused-ring (bicyclic) bond motifs is 1. The SMILES string of the molecule is CNC(=O)c1sc2ccccc2c1CC1CCCN1Cc1cnc(N(C)C)nc1. The molecule has 152 valence electrons. The smallest absolute Gasteiger partial charge is 0.261 e. The first-order chi connectivity index (χ1) is 14.1. The van der Waals surface area contributed by atoms with Crippen molar-refractivity contribution < 1.29 is 4.79 Å². The maximum atomic E-state index is 12.5. The van der Waals surface area contributed by atoms with Gasteiger partial charge >= 0.3 is 0 Å². The Balaban J connectivity index is 1.56. The summed E-state index contributed by atoms with van der Waals surface area (Å²) in [7, 11) is 5.59. The van der Waals surface area contributed by atoms with Gasteiger partial charge in [0.1, 0.15) is 0 Å². The molecular formula is C22H27N5OS. The number of carbonyl (C=O) groups is 1. The highest BCUT2D eigenvalue weighted by atomic mass is 32.1. The Morgan fingerprint density at radius 1 is 1.28 bits per heavy atom. The fraction of sp³-hybridized carbons (Fsp3) is 0.409. The monoisotopic (exact) mass is 409 g/mol. The fourth-order valence-electron chi connectivity index (χ4n) is 4.06. The summed E-state index contributed by atoms with van der Waals surface area (Å²) in [5, 5.41) is 4.02. The molecule has 0 saturated carbocycles. The largest absolute Gasteiger partial charge is 0.354 e. The van der Waals surface area contributed by atoms with Gasteiger partial charge in [0.25, 0.3) is 5.91 Å². The molecule has 1 aliphatic heterocycles. The summed E-state index contributed by atoms with van der Waals surface area (Å²) in [6.07, 6.45) is 7.07. The maximum absolute atomic E-state index is 12.5. The number of nitrogens with zero attached hydrogens (tertiary/aromatic N) is 4. The number of hydrogen-bond acceptors (Lipinski definition) is 6. The lowest BCUT2D eigenvalue weighted by atomic mass is 10.00. The van der Waals surface area contributed by atoms with Crippen molar-refractivity contribution in [2.45, 2.75) is 31.8 Å². The van der Waals surface area contributed by atoms with E-state index in [-0.39, 0.29) is 5.91 Å². The zero-order valence-corrected chi connectivity index (χ0v) is 18.0. The van der Waals surface area contributed by atoms with Crippen molar-refractivity contribution in [2.75, 3.05) is 32.6 Å². The number of likely N-dealkylation sites (tertiary alicyclic amines) is 1. The van der Waals surface area contributed by atoms with Gasteiger partial charge < -0.3 is 10.2 Å². The molecule has 1 aromatic carbocycles. The van der Waals surface area contributed by atoms with Gasteiger partial charge in [-0.3, -0.25) is 9.69 Å². The van der Waals surface area contributed by atoms with E-state index in [0.717, 1.165) is 42.3 Å². The summed E-state index contributed by atoms with van der Waals surface area (Å²) in [4.78, 5) is 26.7. The summed E-state index contributed by atoms with van der Waals surface area (Å²) in [5.74, 6) is 0.741. The van der Waals surface area contributed by atoms with Crippen molar-refractivity contribution in [1.82, 2.24) is 20.2 Å². The standard InChI is InChI=1S/C22H27N5OS/c1-23-21(28)20-18(17-8-4-5-9-19(17)29-20)11-16-7-6-10-27(16)14-15-12-24-22(25-13-15)26(2)3/h4-5,8-9,12-13,16H,6-7,10-11,14H2,1-3H3,(H,23,28). The molecule has 6 nitrogen and oxygen atoms in total. The van der Waals surface area contributed by atoms with Gasteiger partial charge in [-0.25, -0.2) is 9.97 Å². The van der Waals surface area contributed by atoms with E-state index in [9.17, 15) is 4.79 Å². The molecule has 3 aromatic rings. The van der Waals surface area contributed by atoms with E-state index >= 15 is 0 Å². The van der Waals surface area contributed by atoms with Crippen molar-refractivity contribution in [2.24, 2.45) is 0 Å². The Hall–Kier alpha value is -2.51. The first-order valence-corrected chi connectivity index (χ1v) is 10.8. The van der Waals surface area contributed by atoms with Gasteiger partial charge in [-0.1, -0.05) is 18.2 Å². The molecule has 29 heavy (non-hydrogen) atoms. The minimum Gasteiger partial charge on any atom is -0.354 e. The van der Waals surface area contributed by atoms with E-state index < -0.39 is 0 Å². The van der Waals surface area contributed by atoms with Crippen LogP contribution in [0.15, 0.2) is 36.7 Å². The molecule has 0 aliphatic carbocycles. The van der Waals surface area contributed by atoms with Crippen LogP contribution < -0.4 is 10.2 Å². The summed E-state index contributed by atoms with van der Waals surface area (Å²) < 4.78 is 1.18. The molecule has 0 bridgehead atoms. The third kappa shape index (κ3) is 4.11. The molecule has 0 radical (unpaired) electrons. The van der Waals surface area contributed by atoms with E-state index in [4.69, 9.17) is 0 Å². The second-order valence-electron chi connectivity index (χ2n) is 7.74. The van der Waals surface area contributed by atoms with Crippen LogP contribution in [0.2, 0.25) is 0 Å². The van der Waals surface area contributed by atoms with Gasteiger partial charge in [-0.2, -0.15) is 0 Å². The average molecular weight is 410 g/mol. The van der Waals surface area contributed by atoms with Gasteiger partial charge in [-0.15, -0.1) is 11.3 Å². The predicted octanol–water partition coefficient (Wildman–Crippen LogP) is 3.32. The summed E-state index contributed by atoms with van der Waals surface area (Å²) in [6.45, 7) is 1.91. The second-order valence-corrected chi connectivity index (χ2v) is 8.79. The lowest BCUT2D eigenvalue weighted by Crippen LogP contribution is -2.31. The highest BCUT2D eigenvalue weighted by molar-refractivity contribution is 7.21. The highest BCUT2D eigenvalue weighted by Gasteiger charge is 2.28. The molecule has 7 heteroatoms. The minimum atomic E-state index is 0.0124. The van der Waals surface area contributed by atoms with Crippen LogP contribution in [0.25, 0.3) is 10.1 Å².